The number of benzene rings is 1. The van der Waals surface area contributed by atoms with Gasteiger partial charge in [0.25, 0.3) is 0 Å². The van der Waals surface area contributed by atoms with E-state index in [0.29, 0.717) is 0 Å². The van der Waals surface area contributed by atoms with Crippen molar-refractivity contribution in [1.82, 2.24) is 9.97 Å². The smallest absolute Gasteiger partial charge is 0.124 e. The molecule has 0 radical (unpaired) electrons. The van der Waals surface area contributed by atoms with E-state index in [2.05, 4.69) is 30.1 Å². The molecule has 0 saturated carbocycles. The van der Waals surface area contributed by atoms with Gasteiger partial charge < -0.3 is 4.74 Å². The van der Waals surface area contributed by atoms with Gasteiger partial charge in [-0.25, -0.2) is 4.98 Å². The summed E-state index contributed by atoms with van der Waals surface area (Å²) in [6.07, 6.45) is 2.74. The van der Waals surface area contributed by atoms with Gasteiger partial charge in [0.05, 0.1) is 23.5 Å². The number of ether oxygens (including phenoxy) is 1. The van der Waals surface area contributed by atoms with Crippen molar-refractivity contribution < 1.29 is 4.74 Å². The molecule has 0 N–H and O–H groups in total. The minimum Gasteiger partial charge on any atom is -0.493 e. The van der Waals surface area contributed by atoms with Gasteiger partial charge in [-0.1, -0.05) is 6.07 Å². The highest BCUT2D eigenvalue weighted by molar-refractivity contribution is 5.89. The number of nitrogens with zero attached hydrogens (tertiary/aromatic N) is 2. The highest BCUT2D eigenvalue weighted by Gasteiger charge is 2.18. The van der Waals surface area contributed by atoms with E-state index in [1.54, 1.807) is 6.20 Å². The summed E-state index contributed by atoms with van der Waals surface area (Å²) in [6, 6.07) is 12.2. The van der Waals surface area contributed by atoms with Crippen LogP contribution in [0.1, 0.15) is 11.1 Å². The number of hydrogen-bond donors (Lipinski definition) is 0. The van der Waals surface area contributed by atoms with Gasteiger partial charge in [0, 0.05) is 23.6 Å². The molecule has 3 aromatic rings. The molecule has 3 heterocycles. The number of pyridine rings is 2. The first-order valence-electron chi connectivity index (χ1n) is 6.80. The summed E-state index contributed by atoms with van der Waals surface area (Å²) < 4.78 is 5.64. The maximum atomic E-state index is 5.64. The Bertz CT molecular complexity index is 797. The van der Waals surface area contributed by atoms with Gasteiger partial charge in [-0.15, -0.1) is 0 Å². The second kappa shape index (κ2) is 4.30. The number of fused-ring (bicyclic) bond motifs is 3. The maximum absolute atomic E-state index is 5.64. The summed E-state index contributed by atoms with van der Waals surface area (Å²) in [5, 5.41) is 1.20. The largest absolute Gasteiger partial charge is 0.493 e. The van der Waals surface area contributed by atoms with Crippen LogP contribution in [-0.2, 0) is 6.42 Å². The molecule has 3 heteroatoms. The van der Waals surface area contributed by atoms with Crippen LogP contribution in [0.15, 0.2) is 42.6 Å². The molecule has 0 fully saturated rings. The molecule has 0 saturated heterocycles. The Labute approximate surface area is 117 Å². The third kappa shape index (κ3) is 1.67. The molecule has 1 aliphatic rings. The normalized spacial score (nSPS) is 13.2. The van der Waals surface area contributed by atoms with Crippen molar-refractivity contribution in [3.05, 3.63) is 53.7 Å². The monoisotopic (exact) mass is 262 g/mol. The summed E-state index contributed by atoms with van der Waals surface area (Å²) in [6.45, 7) is 2.88. The first kappa shape index (κ1) is 11.4. The van der Waals surface area contributed by atoms with E-state index in [-0.39, 0.29) is 0 Å². The molecule has 2 aromatic heterocycles. The van der Waals surface area contributed by atoms with Gasteiger partial charge in [-0.2, -0.15) is 0 Å². The zero-order chi connectivity index (χ0) is 13.5. The van der Waals surface area contributed by atoms with E-state index >= 15 is 0 Å². The first-order chi connectivity index (χ1) is 9.83. The van der Waals surface area contributed by atoms with Crippen LogP contribution in [0.3, 0.4) is 0 Å². The van der Waals surface area contributed by atoms with Crippen LogP contribution in [-0.4, -0.2) is 16.6 Å². The van der Waals surface area contributed by atoms with Crippen LogP contribution >= 0.6 is 0 Å². The topological polar surface area (TPSA) is 35.0 Å². The number of hydrogen-bond acceptors (Lipinski definition) is 3. The van der Waals surface area contributed by atoms with Crippen molar-refractivity contribution in [2.75, 3.05) is 6.61 Å². The van der Waals surface area contributed by atoms with Gasteiger partial charge in [0.15, 0.2) is 0 Å². The molecular weight excluding hydrogens is 248 g/mol. The van der Waals surface area contributed by atoms with Crippen molar-refractivity contribution in [2.45, 2.75) is 13.3 Å². The summed E-state index contributed by atoms with van der Waals surface area (Å²) >= 11 is 0. The lowest BCUT2D eigenvalue weighted by molar-refractivity contribution is 0.357. The summed E-state index contributed by atoms with van der Waals surface area (Å²) in [4.78, 5) is 9.23. The SMILES string of the molecule is Cc1cc(-c2ccccn2)nc2c3c(ccc12)OCC3. The van der Waals surface area contributed by atoms with Crippen molar-refractivity contribution in [1.29, 1.82) is 0 Å². The molecule has 4 rings (SSSR count). The molecule has 3 nitrogen and oxygen atoms in total. The Kier molecular flexibility index (Phi) is 2.46. The molecule has 20 heavy (non-hydrogen) atoms. The molecule has 0 spiro atoms. The van der Waals surface area contributed by atoms with E-state index in [4.69, 9.17) is 9.72 Å². The van der Waals surface area contributed by atoms with Crippen LogP contribution < -0.4 is 4.74 Å². The van der Waals surface area contributed by atoms with Gasteiger partial charge in [-0.3, -0.25) is 4.98 Å². The Morgan fingerprint density at radius 3 is 2.90 bits per heavy atom. The molecule has 0 amide bonds. The molecule has 0 aliphatic carbocycles. The maximum Gasteiger partial charge on any atom is 0.124 e. The lowest BCUT2D eigenvalue weighted by Gasteiger charge is -2.09. The summed E-state index contributed by atoms with van der Waals surface area (Å²) in [5.74, 6) is 0.975. The second-order valence-electron chi connectivity index (χ2n) is 5.08. The zero-order valence-corrected chi connectivity index (χ0v) is 11.3. The quantitative estimate of drug-likeness (QED) is 0.672. The van der Waals surface area contributed by atoms with Crippen molar-refractivity contribution in [2.24, 2.45) is 0 Å². The van der Waals surface area contributed by atoms with Crippen molar-refractivity contribution >= 4 is 10.9 Å². The number of aromatic nitrogens is 2. The Hall–Kier alpha value is -2.42. The highest BCUT2D eigenvalue weighted by atomic mass is 16.5. The van der Waals surface area contributed by atoms with Crippen LogP contribution in [0.25, 0.3) is 22.3 Å². The van der Waals surface area contributed by atoms with E-state index in [1.807, 2.05) is 18.2 Å². The minimum atomic E-state index is 0.753. The molecule has 98 valence electrons. The first-order valence-corrected chi connectivity index (χ1v) is 6.80. The molecule has 0 atom stereocenters. The fourth-order valence-corrected chi connectivity index (χ4v) is 2.78. The lowest BCUT2D eigenvalue weighted by Crippen LogP contribution is -1.93. The predicted octanol–water partition coefficient (Wildman–Crippen LogP) is 3.54. The fraction of sp³-hybridized carbons (Fsp3) is 0.176. The third-order valence-corrected chi connectivity index (χ3v) is 3.79. The highest BCUT2D eigenvalue weighted by Crippen LogP contribution is 2.34. The van der Waals surface area contributed by atoms with Crippen LogP contribution in [0.4, 0.5) is 0 Å². The summed E-state index contributed by atoms with van der Waals surface area (Å²) in [7, 11) is 0. The molecule has 1 aliphatic heterocycles. The lowest BCUT2D eigenvalue weighted by atomic mass is 10.0. The molecule has 0 bridgehead atoms. The van der Waals surface area contributed by atoms with E-state index in [9.17, 15) is 0 Å². The molecular formula is C17H14N2O. The Morgan fingerprint density at radius 1 is 1.10 bits per heavy atom. The van der Waals surface area contributed by atoms with Gasteiger partial charge >= 0.3 is 0 Å². The molecule has 1 aromatic carbocycles. The zero-order valence-electron chi connectivity index (χ0n) is 11.3. The predicted molar refractivity (Wildman–Crippen MR) is 78.9 cm³/mol. The standard InChI is InChI=1S/C17H14N2O/c1-11-10-15(14-4-2-3-8-18-14)19-17-12(11)5-6-16-13(17)7-9-20-16/h2-6,8,10H,7,9H2,1H3. The van der Waals surface area contributed by atoms with Gasteiger partial charge in [-0.05, 0) is 42.8 Å². The number of aryl methyl sites for hydroxylation is 1. The van der Waals surface area contributed by atoms with Gasteiger partial charge in [0.2, 0.25) is 0 Å². The minimum absolute atomic E-state index is 0.753. The van der Waals surface area contributed by atoms with E-state index in [0.717, 1.165) is 35.7 Å². The Balaban J connectivity index is 2.02. The second-order valence-corrected chi connectivity index (χ2v) is 5.08. The third-order valence-electron chi connectivity index (χ3n) is 3.79. The van der Waals surface area contributed by atoms with Crippen molar-refractivity contribution in [3.8, 4) is 17.1 Å². The Morgan fingerprint density at radius 2 is 2.05 bits per heavy atom. The van der Waals surface area contributed by atoms with Crippen LogP contribution in [0.2, 0.25) is 0 Å². The fourth-order valence-electron chi connectivity index (χ4n) is 2.78. The van der Waals surface area contributed by atoms with Crippen LogP contribution in [0.5, 0.6) is 5.75 Å². The van der Waals surface area contributed by atoms with Gasteiger partial charge in [0.1, 0.15) is 5.75 Å². The average Bonchev–Trinajstić information content (AvgIpc) is 2.97. The van der Waals surface area contributed by atoms with Crippen molar-refractivity contribution in [3.63, 3.8) is 0 Å². The van der Waals surface area contributed by atoms with E-state index in [1.165, 1.54) is 16.5 Å². The summed E-state index contributed by atoms with van der Waals surface area (Å²) in [5.41, 5.74) is 5.35. The van der Waals surface area contributed by atoms with E-state index < -0.39 is 0 Å². The average molecular weight is 262 g/mol. The number of rotatable bonds is 1. The van der Waals surface area contributed by atoms with Crippen LogP contribution in [0, 0.1) is 6.92 Å². The molecule has 0 unspecified atom stereocenters.